The van der Waals surface area contributed by atoms with Crippen LogP contribution in [0.25, 0.3) is 0 Å². The molecule has 3 nitrogen and oxygen atoms in total. The lowest BCUT2D eigenvalue weighted by Crippen LogP contribution is -2.35. The molecule has 0 aliphatic carbocycles. The van der Waals surface area contributed by atoms with Crippen molar-refractivity contribution in [3.8, 4) is 5.75 Å². The molecule has 0 aromatic heterocycles. The maximum Gasteiger partial charge on any atom is 0.227 e. The molecule has 24 heavy (non-hydrogen) atoms. The first-order chi connectivity index (χ1) is 11.7. The van der Waals surface area contributed by atoms with Gasteiger partial charge in [-0.05, 0) is 56.4 Å². The molecule has 3 heteroatoms. The highest BCUT2D eigenvalue weighted by molar-refractivity contribution is 5.94. The molecular weight excluding hydrogens is 298 g/mol. The van der Waals surface area contributed by atoms with Crippen molar-refractivity contribution >= 4 is 11.6 Å². The molecule has 0 bridgehead atoms. The highest BCUT2D eigenvalue weighted by atomic mass is 16.5. The number of para-hydroxylation sites is 1. The van der Waals surface area contributed by atoms with Crippen molar-refractivity contribution in [2.24, 2.45) is 0 Å². The Bertz CT molecular complexity index is 724. The van der Waals surface area contributed by atoms with Crippen LogP contribution < -0.4 is 9.64 Å². The van der Waals surface area contributed by atoms with Crippen molar-refractivity contribution in [2.45, 2.75) is 39.5 Å². The lowest BCUT2D eigenvalue weighted by molar-refractivity contribution is -0.118. The van der Waals surface area contributed by atoms with Gasteiger partial charge in [-0.15, -0.1) is 0 Å². The molecule has 2 aromatic rings. The van der Waals surface area contributed by atoms with E-state index in [4.69, 9.17) is 4.74 Å². The number of anilines is 1. The number of ether oxygens (including phenoxy) is 1. The van der Waals surface area contributed by atoms with Crippen molar-refractivity contribution in [3.05, 3.63) is 59.2 Å². The van der Waals surface area contributed by atoms with Crippen LogP contribution in [-0.4, -0.2) is 19.1 Å². The maximum absolute atomic E-state index is 12.8. The monoisotopic (exact) mass is 323 g/mol. The Morgan fingerprint density at radius 2 is 2.04 bits per heavy atom. The highest BCUT2D eigenvalue weighted by Crippen LogP contribution is 2.29. The Balaban J connectivity index is 1.71. The second-order valence-corrected chi connectivity index (χ2v) is 6.32. The van der Waals surface area contributed by atoms with Crippen LogP contribution in [0.4, 0.5) is 5.69 Å². The number of hydrogen-bond acceptors (Lipinski definition) is 2. The molecule has 0 N–H and O–H groups in total. The summed E-state index contributed by atoms with van der Waals surface area (Å²) in [7, 11) is 0. The van der Waals surface area contributed by atoms with Gasteiger partial charge in [0.2, 0.25) is 5.91 Å². The molecule has 0 unspecified atom stereocenters. The summed E-state index contributed by atoms with van der Waals surface area (Å²) in [6.45, 7) is 5.55. The van der Waals surface area contributed by atoms with E-state index in [0.717, 1.165) is 36.4 Å². The predicted octanol–water partition coefficient (Wildman–Crippen LogP) is 4.31. The first kappa shape index (κ1) is 16.6. The van der Waals surface area contributed by atoms with Gasteiger partial charge in [-0.1, -0.05) is 35.9 Å². The standard InChI is InChI=1S/C21H25NO2/c1-3-24-20-9-5-4-7-17(20)11-13-21(23)22-14-6-8-18-15-16(2)10-12-19(18)22/h4-5,7,9-10,12,15H,3,6,8,11,13-14H2,1-2H3. The minimum Gasteiger partial charge on any atom is -0.494 e. The topological polar surface area (TPSA) is 29.5 Å². The molecule has 1 aliphatic rings. The van der Waals surface area contributed by atoms with Gasteiger partial charge in [0.15, 0.2) is 0 Å². The third-order valence-corrected chi connectivity index (χ3v) is 4.54. The van der Waals surface area contributed by atoms with Crippen LogP contribution in [0, 0.1) is 6.92 Å². The number of carbonyl (C=O) groups is 1. The molecule has 1 heterocycles. The molecular formula is C21H25NO2. The van der Waals surface area contributed by atoms with Gasteiger partial charge in [-0.2, -0.15) is 0 Å². The van der Waals surface area contributed by atoms with Crippen molar-refractivity contribution in [3.63, 3.8) is 0 Å². The SMILES string of the molecule is CCOc1ccccc1CCC(=O)N1CCCc2cc(C)ccc21. The summed E-state index contributed by atoms with van der Waals surface area (Å²) in [4.78, 5) is 14.7. The molecule has 0 saturated heterocycles. The predicted molar refractivity (Wildman–Crippen MR) is 97.8 cm³/mol. The molecule has 0 radical (unpaired) electrons. The third kappa shape index (κ3) is 3.61. The number of carbonyl (C=O) groups excluding carboxylic acids is 1. The largest absolute Gasteiger partial charge is 0.494 e. The van der Waals surface area contributed by atoms with Crippen molar-refractivity contribution in [1.82, 2.24) is 0 Å². The number of rotatable bonds is 5. The van der Waals surface area contributed by atoms with Gasteiger partial charge in [0.1, 0.15) is 5.75 Å². The Hall–Kier alpha value is -2.29. The van der Waals surface area contributed by atoms with E-state index in [1.165, 1.54) is 11.1 Å². The molecule has 1 aliphatic heterocycles. The summed E-state index contributed by atoms with van der Waals surface area (Å²) in [5.41, 5.74) is 4.75. The maximum atomic E-state index is 12.8. The third-order valence-electron chi connectivity index (χ3n) is 4.54. The van der Waals surface area contributed by atoms with E-state index in [2.05, 4.69) is 25.1 Å². The van der Waals surface area contributed by atoms with E-state index in [0.29, 0.717) is 19.4 Å². The van der Waals surface area contributed by atoms with E-state index < -0.39 is 0 Å². The zero-order chi connectivity index (χ0) is 16.9. The zero-order valence-corrected chi connectivity index (χ0v) is 14.5. The van der Waals surface area contributed by atoms with Gasteiger partial charge < -0.3 is 9.64 Å². The number of fused-ring (bicyclic) bond motifs is 1. The van der Waals surface area contributed by atoms with Crippen molar-refractivity contribution < 1.29 is 9.53 Å². The lowest BCUT2D eigenvalue weighted by atomic mass is 9.99. The Labute approximate surface area is 144 Å². The minimum absolute atomic E-state index is 0.200. The lowest BCUT2D eigenvalue weighted by Gasteiger charge is -2.30. The summed E-state index contributed by atoms with van der Waals surface area (Å²) in [6, 6.07) is 14.4. The number of nitrogens with zero attached hydrogens (tertiary/aromatic N) is 1. The van der Waals surface area contributed by atoms with E-state index in [1.807, 2.05) is 36.1 Å². The number of benzene rings is 2. The molecule has 0 spiro atoms. The van der Waals surface area contributed by atoms with Gasteiger partial charge in [0, 0.05) is 18.7 Å². The fraction of sp³-hybridized carbons (Fsp3) is 0.381. The van der Waals surface area contributed by atoms with Crippen LogP contribution >= 0.6 is 0 Å². The minimum atomic E-state index is 0.200. The number of amides is 1. The average molecular weight is 323 g/mol. The molecule has 2 aromatic carbocycles. The Kier molecular flexibility index (Phi) is 5.19. The smallest absolute Gasteiger partial charge is 0.227 e. The van der Waals surface area contributed by atoms with Gasteiger partial charge >= 0.3 is 0 Å². The summed E-state index contributed by atoms with van der Waals surface area (Å²) >= 11 is 0. The van der Waals surface area contributed by atoms with Crippen molar-refractivity contribution in [2.75, 3.05) is 18.1 Å². The molecule has 1 amide bonds. The zero-order valence-electron chi connectivity index (χ0n) is 14.5. The summed E-state index contributed by atoms with van der Waals surface area (Å²) < 4.78 is 5.66. The fourth-order valence-electron chi connectivity index (χ4n) is 3.37. The molecule has 0 saturated carbocycles. The number of hydrogen-bond donors (Lipinski definition) is 0. The normalized spacial score (nSPS) is 13.5. The van der Waals surface area contributed by atoms with Crippen LogP contribution in [0.2, 0.25) is 0 Å². The molecule has 126 valence electrons. The van der Waals surface area contributed by atoms with Gasteiger partial charge in [-0.3, -0.25) is 4.79 Å². The Morgan fingerprint density at radius 1 is 1.21 bits per heavy atom. The van der Waals surface area contributed by atoms with E-state index in [1.54, 1.807) is 0 Å². The van der Waals surface area contributed by atoms with Crippen LogP contribution in [0.5, 0.6) is 5.75 Å². The molecule has 0 atom stereocenters. The van der Waals surface area contributed by atoms with Crippen LogP contribution in [0.3, 0.4) is 0 Å². The summed E-state index contributed by atoms with van der Waals surface area (Å²) in [6.07, 6.45) is 3.33. The van der Waals surface area contributed by atoms with Gasteiger partial charge in [-0.25, -0.2) is 0 Å². The highest BCUT2D eigenvalue weighted by Gasteiger charge is 2.22. The van der Waals surface area contributed by atoms with E-state index in [-0.39, 0.29) is 5.91 Å². The van der Waals surface area contributed by atoms with Crippen LogP contribution in [0.1, 0.15) is 36.5 Å². The van der Waals surface area contributed by atoms with E-state index in [9.17, 15) is 4.79 Å². The van der Waals surface area contributed by atoms with Crippen molar-refractivity contribution in [1.29, 1.82) is 0 Å². The number of aryl methyl sites for hydroxylation is 3. The first-order valence-corrected chi connectivity index (χ1v) is 8.79. The fourth-order valence-corrected chi connectivity index (χ4v) is 3.37. The summed E-state index contributed by atoms with van der Waals surface area (Å²) in [5, 5.41) is 0. The van der Waals surface area contributed by atoms with Gasteiger partial charge in [0.05, 0.1) is 6.61 Å². The van der Waals surface area contributed by atoms with Crippen LogP contribution in [0.15, 0.2) is 42.5 Å². The summed E-state index contributed by atoms with van der Waals surface area (Å²) in [5.74, 6) is 1.09. The molecule has 3 rings (SSSR count). The van der Waals surface area contributed by atoms with Crippen LogP contribution in [-0.2, 0) is 17.6 Å². The second kappa shape index (κ2) is 7.52. The average Bonchev–Trinajstić information content (AvgIpc) is 2.60. The first-order valence-electron chi connectivity index (χ1n) is 8.79. The van der Waals surface area contributed by atoms with Gasteiger partial charge in [0.25, 0.3) is 0 Å². The second-order valence-electron chi connectivity index (χ2n) is 6.32. The molecule has 0 fully saturated rings. The Morgan fingerprint density at radius 3 is 2.88 bits per heavy atom. The quantitative estimate of drug-likeness (QED) is 0.821. The van der Waals surface area contributed by atoms with E-state index >= 15 is 0 Å².